The van der Waals surface area contributed by atoms with E-state index in [1.807, 2.05) is 0 Å². The van der Waals surface area contributed by atoms with Gasteiger partial charge >= 0.3 is 0 Å². The Balaban J connectivity index is 2.23. The van der Waals surface area contributed by atoms with Crippen LogP contribution in [0.3, 0.4) is 0 Å². The predicted octanol–water partition coefficient (Wildman–Crippen LogP) is 6.04. The van der Waals surface area contributed by atoms with E-state index in [9.17, 15) is 5.11 Å². The molecule has 0 amide bonds. The summed E-state index contributed by atoms with van der Waals surface area (Å²) >= 11 is 0. The summed E-state index contributed by atoms with van der Waals surface area (Å²) in [6.45, 7) is 15.7. The van der Waals surface area contributed by atoms with Crippen molar-refractivity contribution in [2.45, 2.75) is 89.1 Å². The van der Waals surface area contributed by atoms with E-state index in [4.69, 9.17) is 4.43 Å². The highest BCUT2D eigenvalue weighted by molar-refractivity contribution is 6.74. The zero-order valence-corrected chi connectivity index (χ0v) is 17.7. The molecule has 1 N–H and O–H groups in total. The Kier molecular flexibility index (Phi) is 6.69. The molecule has 3 atom stereocenters. The summed E-state index contributed by atoms with van der Waals surface area (Å²) in [6.07, 6.45) is 4.59. The minimum absolute atomic E-state index is 0.219. The molecule has 2 rings (SSSR count). The van der Waals surface area contributed by atoms with Gasteiger partial charge in [0.1, 0.15) is 0 Å². The highest BCUT2D eigenvalue weighted by Gasteiger charge is 2.39. The van der Waals surface area contributed by atoms with E-state index in [2.05, 4.69) is 70.8 Å². The first-order valence-electron chi connectivity index (χ1n) is 9.68. The highest BCUT2D eigenvalue weighted by atomic mass is 28.4. The molecule has 0 aliphatic heterocycles. The highest BCUT2D eigenvalue weighted by Crippen LogP contribution is 2.40. The molecule has 1 aliphatic rings. The van der Waals surface area contributed by atoms with Crippen molar-refractivity contribution in [3.63, 3.8) is 0 Å². The molecule has 0 saturated heterocycles. The topological polar surface area (TPSA) is 29.5 Å². The van der Waals surface area contributed by atoms with Crippen LogP contribution in [0.4, 0.5) is 0 Å². The molecule has 0 heterocycles. The minimum atomic E-state index is -1.80. The second-order valence-corrected chi connectivity index (χ2v) is 13.9. The van der Waals surface area contributed by atoms with Gasteiger partial charge in [0.05, 0.1) is 6.10 Å². The number of benzene rings is 1. The third kappa shape index (κ3) is 5.53. The van der Waals surface area contributed by atoms with E-state index in [-0.39, 0.29) is 17.2 Å². The van der Waals surface area contributed by atoms with Gasteiger partial charge in [0.15, 0.2) is 8.32 Å². The smallest absolute Gasteiger partial charge is 0.192 e. The average molecular weight is 361 g/mol. The van der Waals surface area contributed by atoms with Crippen LogP contribution >= 0.6 is 0 Å². The maximum Gasteiger partial charge on any atom is 0.192 e. The molecular formula is C22H36O2Si. The standard InChI is InChI=1S/C22H36O2Si/c1-17-15-19(18-11-8-7-9-12-18)16-20(13-10-14-21(17)23)24-25(5,6)22(2,3)4/h7-9,11-12,19-21,23H,1,10,13-16H2,2-6H3/t19-,20+,21-/m1/s1. The predicted molar refractivity (Wildman–Crippen MR) is 109 cm³/mol. The average Bonchev–Trinajstić information content (AvgIpc) is 2.58. The largest absolute Gasteiger partial charge is 0.414 e. The fraction of sp³-hybridized carbons (Fsp3) is 0.636. The van der Waals surface area contributed by atoms with Crippen molar-refractivity contribution in [3.8, 4) is 0 Å². The maximum atomic E-state index is 10.4. The van der Waals surface area contributed by atoms with Gasteiger partial charge in [-0.05, 0) is 67.3 Å². The summed E-state index contributed by atoms with van der Waals surface area (Å²) in [5, 5.41) is 10.6. The van der Waals surface area contributed by atoms with Crippen LogP contribution in [0.2, 0.25) is 18.1 Å². The molecule has 25 heavy (non-hydrogen) atoms. The van der Waals surface area contributed by atoms with Gasteiger partial charge in [-0.3, -0.25) is 0 Å². The monoisotopic (exact) mass is 360 g/mol. The van der Waals surface area contributed by atoms with Crippen LogP contribution in [0.5, 0.6) is 0 Å². The fourth-order valence-corrected chi connectivity index (χ4v) is 4.79. The molecule has 0 aromatic heterocycles. The summed E-state index contributed by atoms with van der Waals surface area (Å²) in [4.78, 5) is 0. The van der Waals surface area contributed by atoms with Crippen LogP contribution in [0.15, 0.2) is 42.5 Å². The Morgan fingerprint density at radius 1 is 1.12 bits per heavy atom. The van der Waals surface area contributed by atoms with Crippen LogP contribution in [0.25, 0.3) is 0 Å². The molecule has 0 radical (unpaired) electrons. The number of aliphatic hydroxyl groups excluding tert-OH is 1. The lowest BCUT2D eigenvalue weighted by Crippen LogP contribution is -2.44. The molecule has 1 aromatic carbocycles. The van der Waals surface area contributed by atoms with Crippen LogP contribution in [0, 0.1) is 0 Å². The number of hydrogen-bond donors (Lipinski definition) is 1. The quantitative estimate of drug-likeness (QED) is 0.526. The van der Waals surface area contributed by atoms with Gasteiger partial charge in [-0.15, -0.1) is 0 Å². The summed E-state index contributed by atoms with van der Waals surface area (Å²) in [5.74, 6) is 0.371. The molecular weight excluding hydrogens is 324 g/mol. The first-order valence-corrected chi connectivity index (χ1v) is 12.6. The Labute approximate surface area is 155 Å². The van der Waals surface area contributed by atoms with Gasteiger partial charge < -0.3 is 9.53 Å². The van der Waals surface area contributed by atoms with Gasteiger partial charge in [0.2, 0.25) is 0 Å². The zero-order valence-electron chi connectivity index (χ0n) is 16.7. The van der Waals surface area contributed by atoms with Gasteiger partial charge in [-0.25, -0.2) is 0 Å². The summed E-state index contributed by atoms with van der Waals surface area (Å²) in [7, 11) is -1.80. The van der Waals surface area contributed by atoms with Crippen molar-refractivity contribution in [2.75, 3.05) is 0 Å². The lowest BCUT2D eigenvalue weighted by molar-refractivity contribution is 0.146. The van der Waals surface area contributed by atoms with Gasteiger partial charge in [-0.2, -0.15) is 0 Å². The molecule has 1 aliphatic carbocycles. The minimum Gasteiger partial charge on any atom is -0.414 e. The first-order chi connectivity index (χ1) is 11.6. The number of hydrogen-bond acceptors (Lipinski definition) is 2. The number of aliphatic hydroxyl groups is 1. The molecule has 1 aromatic rings. The molecule has 1 saturated carbocycles. The third-order valence-corrected chi connectivity index (χ3v) is 10.6. The van der Waals surface area contributed by atoms with E-state index in [0.717, 1.165) is 37.7 Å². The van der Waals surface area contributed by atoms with Crippen molar-refractivity contribution in [1.29, 1.82) is 0 Å². The van der Waals surface area contributed by atoms with Crippen molar-refractivity contribution in [1.82, 2.24) is 0 Å². The van der Waals surface area contributed by atoms with Crippen molar-refractivity contribution in [2.24, 2.45) is 0 Å². The summed E-state index contributed by atoms with van der Waals surface area (Å²) in [6, 6.07) is 10.7. The second kappa shape index (κ2) is 8.19. The lowest BCUT2D eigenvalue weighted by atomic mass is 9.87. The van der Waals surface area contributed by atoms with Gasteiger partial charge in [0, 0.05) is 6.10 Å². The lowest BCUT2D eigenvalue weighted by Gasteiger charge is -2.40. The molecule has 3 heteroatoms. The maximum absolute atomic E-state index is 10.4. The normalized spacial score (nSPS) is 26.6. The molecule has 2 nitrogen and oxygen atoms in total. The van der Waals surface area contributed by atoms with Gasteiger partial charge in [-0.1, -0.05) is 57.7 Å². The van der Waals surface area contributed by atoms with E-state index >= 15 is 0 Å². The van der Waals surface area contributed by atoms with Crippen LogP contribution < -0.4 is 0 Å². The fourth-order valence-electron chi connectivity index (χ4n) is 3.39. The van der Waals surface area contributed by atoms with E-state index in [0.29, 0.717) is 5.92 Å². The van der Waals surface area contributed by atoms with E-state index < -0.39 is 8.32 Å². The van der Waals surface area contributed by atoms with Crippen molar-refractivity contribution < 1.29 is 9.53 Å². The molecule has 0 spiro atoms. The van der Waals surface area contributed by atoms with E-state index in [1.54, 1.807) is 0 Å². The molecule has 0 bridgehead atoms. The summed E-state index contributed by atoms with van der Waals surface area (Å²) < 4.78 is 6.78. The number of rotatable bonds is 3. The second-order valence-electron chi connectivity index (χ2n) is 9.15. The molecule has 1 fully saturated rings. The Hall–Kier alpha value is -0.903. The van der Waals surface area contributed by atoms with Crippen molar-refractivity contribution >= 4 is 8.32 Å². The van der Waals surface area contributed by atoms with Gasteiger partial charge in [0.25, 0.3) is 0 Å². The van der Waals surface area contributed by atoms with Crippen molar-refractivity contribution in [3.05, 3.63) is 48.0 Å². The van der Waals surface area contributed by atoms with Crippen LogP contribution in [-0.4, -0.2) is 25.6 Å². The summed E-state index contributed by atoms with van der Waals surface area (Å²) in [5.41, 5.74) is 2.31. The first kappa shape index (κ1) is 20.4. The zero-order chi connectivity index (χ0) is 18.7. The van der Waals surface area contributed by atoms with E-state index in [1.165, 1.54) is 5.56 Å². The molecule has 0 unspecified atom stereocenters. The Bertz CT molecular complexity index is 559. The molecule has 140 valence electrons. The Morgan fingerprint density at radius 2 is 1.76 bits per heavy atom. The third-order valence-electron chi connectivity index (χ3n) is 6.07. The van der Waals surface area contributed by atoms with Crippen LogP contribution in [-0.2, 0) is 4.43 Å². The SMILES string of the molecule is C=C1C[C@@H](c2ccccc2)C[C@@H](O[Si](C)(C)C(C)(C)C)CCC[C@H]1O. The van der Waals surface area contributed by atoms with Crippen LogP contribution in [0.1, 0.15) is 64.4 Å². The Morgan fingerprint density at radius 3 is 2.36 bits per heavy atom.